The number of ether oxygens (including phenoxy) is 1. The van der Waals surface area contributed by atoms with Crippen LogP contribution in [0.15, 0.2) is 29.2 Å². The second-order valence-electron chi connectivity index (χ2n) is 5.88. The summed E-state index contributed by atoms with van der Waals surface area (Å²) in [5, 5.41) is 0. The van der Waals surface area contributed by atoms with Crippen LogP contribution in [-0.2, 0) is 14.6 Å². The third-order valence-electron chi connectivity index (χ3n) is 3.41. The van der Waals surface area contributed by atoms with Crippen molar-refractivity contribution in [3.63, 3.8) is 0 Å². The molecule has 23 heavy (non-hydrogen) atoms. The van der Waals surface area contributed by atoms with Gasteiger partial charge in [-0.1, -0.05) is 13.3 Å². The Labute approximate surface area is 139 Å². The van der Waals surface area contributed by atoms with E-state index in [-0.39, 0.29) is 29.1 Å². The van der Waals surface area contributed by atoms with Gasteiger partial charge in [-0.3, -0.25) is 4.79 Å². The van der Waals surface area contributed by atoms with Gasteiger partial charge in [0.2, 0.25) is 5.91 Å². The molecular weight excluding hydrogens is 314 g/mol. The van der Waals surface area contributed by atoms with Crippen LogP contribution in [0.3, 0.4) is 0 Å². The summed E-state index contributed by atoms with van der Waals surface area (Å²) in [6.07, 6.45) is 1.97. The van der Waals surface area contributed by atoms with Crippen molar-refractivity contribution in [2.75, 3.05) is 19.3 Å². The van der Waals surface area contributed by atoms with E-state index in [1.807, 2.05) is 13.8 Å². The summed E-state index contributed by atoms with van der Waals surface area (Å²) < 4.78 is 30.1. The van der Waals surface area contributed by atoms with Crippen molar-refractivity contribution in [3.05, 3.63) is 24.3 Å². The largest absolute Gasteiger partial charge is 0.491 e. The standard InChI is InChI=1S/C17H27NO4S/c1-5-6-12-18(4)17(19)11-13-23(20,21)16-9-7-15(8-10-16)22-14(2)3/h7-10,14H,5-6,11-13H2,1-4H3. The van der Waals surface area contributed by atoms with E-state index in [1.165, 1.54) is 12.1 Å². The summed E-state index contributed by atoms with van der Waals surface area (Å²) in [5.74, 6) is 0.322. The van der Waals surface area contributed by atoms with Crippen molar-refractivity contribution in [2.45, 2.75) is 51.0 Å². The van der Waals surface area contributed by atoms with Gasteiger partial charge in [-0.15, -0.1) is 0 Å². The predicted molar refractivity (Wildman–Crippen MR) is 91.4 cm³/mol. The van der Waals surface area contributed by atoms with Crippen molar-refractivity contribution in [1.29, 1.82) is 0 Å². The number of carbonyl (C=O) groups excluding carboxylic acids is 1. The van der Waals surface area contributed by atoms with E-state index in [2.05, 4.69) is 6.92 Å². The number of sulfone groups is 1. The van der Waals surface area contributed by atoms with E-state index in [0.29, 0.717) is 12.3 Å². The summed E-state index contributed by atoms with van der Waals surface area (Å²) in [7, 11) is -1.75. The lowest BCUT2D eigenvalue weighted by Gasteiger charge is -2.16. The molecule has 1 aromatic carbocycles. The Morgan fingerprint density at radius 2 is 1.83 bits per heavy atom. The van der Waals surface area contributed by atoms with Gasteiger partial charge >= 0.3 is 0 Å². The van der Waals surface area contributed by atoms with Crippen LogP contribution >= 0.6 is 0 Å². The van der Waals surface area contributed by atoms with Gasteiger partial charge in [-0.25, -0.2) is 8.42 Å². The molecule has 0 unspecified atom stereocenters. The SMILES string of the molecule is CCCCN(C)C(=O)CCS(=O)(=O)c1ccc(OC(C)C)cc1. The molecular formula is C17H27NO4S. The summed E-state index contributed by atoms with van der Waals surface area (Å²) in [6, 6.07) is 6.33. The average molecular weight is 341 g/mol. The van der Waals surface area contributed by atoms with E-state index < -0.39 is 9.84 Å². The quantitative estimate of drug-likeness (QED) is 0.693. The number of hydrogen-bond donors (Lipinski definition) is 0. The Bertz CT molecular complexity index is 594. The van der Waals surface area contributed by atoms with E-state index >= 15 is 0 Å². The molecule has 6 heteroatoms. The van der Waals surface area contributed by atoms with E-state index in [0.717, 1.165) is 12.8 Å². The molecule has 1 aromatic rings. The van der Waals surface area contributed by atoms with E-state index in [1.54, 1.807) is 24.1 Å². The topological polar surface area (TPSA) is 63.7 Å². The second-order valence-corrected chi connectivity index (χ2v) is 7.98. The Morgan fingerprint density at radius 1 is 1.22 bits per heavy atom. The summed E-state index contributed by atoms with van der Waals surface area (Å²) in [4.78, 5) is 13.8. The zero-order valence-corrected chi connectivity index (χ0v) is 15.2. The fourth-order valence-electron chi connectivity index (χ4n) is 2.05. The highest BCUT2D eigenvalue weighted by Crippen LogP contribution is 2.18. The van der Waals surface area contributed by atoms with Gasteiger partial charge in [0, 0.05) is 20.0 Å². The fraction of sp³-hybridized carbons (Fsp3) is 0.588. The monoisotopic (exact) mass is 341 g/mol. The molecule has 0 aliphatic heterocycles. The Balaban J connectivity index is 2.63. The minimum absolute atomic E-state index is 0.00674. The van der Waals surface area contributed by atoms with Crippen LogP contribution in [0.2, 0.25) is 0 Å². The van der Waals surface area contributed by atoms with Gasteiger partial charge < -0.3 is 9.64 Å². The maximum atomic E-state index is 12.3. The third-order valence-corrected chi connectivity index (χ3v) is 5.14. The smallest absolute Gasteiger partial charge is 0.223 e. The molecule has 0 atom stereocenters. The Hall–Kier alpha value is -1.56. The summed E-state index contributed by atoms with van der Waals surface area (Å²) in [5.41, 5.74) is 0. The van der Waals surface area contributed by atoms with Gasteiger partial charge in [0.05, 0.1) is 16.8 Å². The first-order valence-corrected chi connectivity index (χ1v) is 9.65. The van der Waals surface area contributed by atoms with E-state index in [9.17, 15) is 13.2 Å². The molecule has 0 aliphatic carbocycles. The average Bonchev–Trinajstić information content (AvgIpc) is 2.50. The van der Waals surface area contributed by atoms with Crippen LogP contribution in [0.25, 0.3) is 0 Å². The molecule has 0 bridgehead atoms. The minimum atomic E-state index is -3.46. The number of carbonyl (C=O) groups is 1. The van der Waals surface area contributed by atoms with Gasteiger partial charge in [0.15, 0.2) is 9.84 Å². The zero-order valence-electron chi connectivity index (χ0n) is 14.4. The molecule has 0 aliphatic rings. The van der Waals surface area contributed by atoms with Crippen molar-refractivity contribution < 1.29 is 17.9 Å². The van der Waals surface area contributed by atoms with Crippen molar-refractivity contribution in [2.24, 2.45) is 0 Å². The highest BCUT2D eigenvalue weighted by atomic mass is 32.2. The lowest BCUT2D eigenvalue weighted by atomic mass is 10.3. The third kappa shape index (κ3) is 6.60. The molecule has 0 heterocycles. The molecule has 0 spiro atoms. The first kappa shape index (κ1) is 19.5. The van der Waals surface area contributed by atoms with Crippen LogP contribution < -0.4 is 4.74 Å². The Morgan fingerprint density at radius 3 is 2.35 bits per heavy atom. The molecule has 0 N–H and O–H groups in total. The number of amides is 1. The maximum absolute atomic E-state index is 12.3. The second kappa shape index (κ2) is 8.91. The molecule has 0 saturated heterocycles. The van der Waals surface area contributed by atoms with Crippen molar-refractivity contribution >= 4 is 15.7 Å². The Kier molecular flexibility index (Phi) is 7.55. The zero-order chi connectivity index (χ0) is 17.5. The van der Waals surface area contributed by atoms with E-state index in [4.69, 9.17) is 4.74 Å². The molecule has 5 nitrogen and oxygen atoms in total. The number of benzene rings is 1. The van der Waals surface area contributed by atoms with Crippen molar-refractivity contribution in [3.8, 4) is 5.75 Å². The number of nitrogens with zero attached hydrogens (tertiary/aromatic N) is 1. The molecule has 0 fully saturated rings. The number of rotatable bonds is 9. The molecule has 130 valence electrons. The molecule has 0 radical (unpaired) electrons. The number of hydrogen-bond acceptors (Lipinski definition) is 4. The molecule has 0 saturated carbocycles. The molecule has 0 aromatic heterocycles. The van der Waals surface area contributed by atoms with Crippen LogP contribution in [0.1, 0.15) is 40.0 Å². The van der Waals surface area contributed by atoms with Crippen LogP contribution in [-0.4, -0.2) is 44.7 Å². The number of unbranched alkanes of at least 4 members (excludes halogenated alkanes) is 1. The van der Waals surface area contributed by atoms with Crippen LogP contribution in [0, 0.1) is 0 Å². The minimum Gasteiger partial charge on any atom is -0.491 e. The van der Waals surface area contributed by atoms with Gasteiger partial charge in [0.25, 0.3) is 0 Å². The van der Waals surface area contributed by atoms with Gasteiger partial charge in [0.1, 0.15) is 5.75 Å². The highest BCUT2D eigenvalue weighted by molar-refractivity contribution is 7.91. The van der Waals surface area contributed by atoms with Gasteiger partial charge in [-0.2, -0.15) is 0 Å². The first-order valence-electron chi connectivity index (χ1n) is 7.99. The van der Waals surface area contributed by atoms with Gasteiger partial charge in [-0.05, 0) is 44.5 Å². The first-order chi connectivity index (χ1) is 10.8. The van der Waals surface area contributed by atoms with Crippen LogP contribution in [0.5, 0.6) is 5.75 Å². The maximum Gasteiger partial charge on any atom is 0.223 e. The fourth-order valence-corrected chi connectivity index (χ4v) is 3.28. The highest BCUT2D eigenvalue weighted by Gasteiger charge is 2.18. The normalized spacial score (nSPS) is 11.5. The van der Waals surface area contributed by atoms with Crippen LogP contribution in [0.4, 0.5) is 0 Å². The summed E-state index contributed by atoms with van der Waals surface area (Å²) in [6.45, 7) is 6.53. The predicted octanol–water partition coefficient (Wildman–Crippen LogP) is 2.90. The lowest BCUT2D eigenvalue weighted by Crippen LogP contribution is -2.29. The molecule has 1 amide bonds. The van der Waals surface area contributed by atoms with Crippen molar-refractivity contribution in [1.82, 2.24) is 4.90 Å². The summed E-state index contributed by atoms with van der Waals surface area (Å²) >= 11 is 0. The molecule has 1 rings (SSSR count). The lowest BCUT2D eigenvalue weighted by molar-refractivity contribution is -0.129.